The van der Waals surface area contributed by atoms with Gasteiger partial charge in [0, 0.05) is 55.3 Å². The number of nitrogens with zero attached hydrogens (tertiary/aromatic N) is 3. The molecular weight excluding hydrogens is 798 g/mol. The second kappa shape index (κ2) is 14.3. The van der Waals surface area contributed by atoms with Gasteiger partial charge in [0.15, 0.2) is 0 Å². The molecule has 0 saturated carbocycles. The van der Waals surface area contributed by atoms with Gasteiger partial charge < -0.3 is 14.7 Å². The maximum atomic E-state index is 9.18. The van der Waals surface area contributed by atoms with Crippen molar-refractivity contribution in [2.45, 2.75) is 130 Å². The van der Waals surface area contributed by atoms with Gasteiger partial charge in [0.2, 0.25) is 0 Å². The largest absolute Gasteiger partial charge is 0.311 e. The zero-order valence-corrected chi connectivity index (χ0v) is 41.1. The van der Waals surface area contributed by atoms with Crippen LogP contribution in [0.15, 0.2) is 140 Å². The Kier molecular flexibility index (Phi) is 8.47. The molecule has 0 unspecified atom stereocenters. The van der Waals surface area contributed by atoms with E-state index in [1.54, 1.807) is 0 Å². The molecule has 0 N–H and O–H groups in total. The zero-order chi connectivity index (χ0) is 49.0. The second-order valence-corrected chi connectivity index (χ2v) is 23.6. The summed E-state index contributed by atoms with van der Waals surface area (Å²) >= 11 is 0. The van der Waals surface area contributed by atoms with Gasteiger partial charge >= 0.3 is 0 Å². The highest BCUT2D eigenvalue weighted by molar-refractivity contribution is 7.00. The van der Waals surface area contributed by atoms with Crippen molar-refractivity contribution in [3.8, 4) is 0 Å². The van der Waals surface area contributed by atoms with Crippen molar-refractivity contribution in [2.24, 2.45) is 0 Å². The highest BCUT2D eigenvalue weighted by Crippen LogP contribution is 2.55. The summed E-state index contributed by atoms with van der Waals surface area (Å²) < 4.78 is 27.5. The van der Waals surface area contributed by atoms with Gasteiger partial charge in [-0.2, -0.15) is 0 Å². The molecule has 4 aliphatic rings. The lowest BCUT2D eigenvalue weighted by Crippen LogP contribution is -2.61. The Morgan fingerprint density at radius 1 is 0.500 bits per heavy atom. The first-order valence-corrected chi connectivity index (χ1v) is 24.1. The van der Waals surface area contributed by atoms with Crippen molar-refractivity contribution >= 4 is 74.3 Å². The standard InChI is InChI=1S/C62H66BN3/c1-39-30-55-57-56(31-39)66(52-32-41(58(3,4)5)25-24-40(52)2)53-34-45(64(42-20-16-14-17-21-42)43-22-18-15-19-23-43)27-29-50(53)63(57)51-35-48-49(62(12,13)38-61(48,10)11)36-54(51)65(55)44-26-28-46-47(33-44)60(8,9)37-59(46,6)7/h14-36H,37-38H2,1-13H3/i1D3. The van der Waals surface area contributed by atoms with E-state index in [4.69, 9.17) is 0 Å². The van der Waals surface area contributed by atoms with Gasteiger partial charge in [-0.25, -0.2) is 0 Å². The molecular formula is C62H66BN3. The van der Waals surface area contributed by atoms with E-state index in [0.29, 0.717) is 5.56 Å². The highest BCUT2D eigenvalue weighted by Gasteiger charge is 2.49. The fourth-order valence-electron chi connectivity index (χ4n) is 13.2. The number of benzene rings is 7. The van der Waals surface area contributed by atoms with Crippen LogP contribution in [0.5, 0.6) is 0 Å². The third-order valence-electron chi connectivity index (χ3n) is 15.7. The molecule has 2 aliphatic carbocycles. The number of aryl methyl sites for hydroxylation is 2. The van der Waals surface area contributed by atoms with Gasteiger partial charge in [0.05, 0.1) is 0 Å². The van der Waals surface area contributed by atoms with E-state index in [9.17, 15) is 4.11 Å². The fourth-order valence-corrected chi connectivity index (χ4v) is 13.2. The van der Waals surface area contributed by atoms with Gasteiger partial charge in [-0.3, -0.25) is 0 Å². The summed E-state index contributed by atoms with van der Waals surface area (Å²) in [6.07, 6.45) is 2.10. The summed E-state index contributed by atoms with van der Waals surface area (Å²) in [5.41, 5.74) is 20.9. The first-order chi connectivity index (χ1) is 32.4. The quantitative estimate of drug-likeness (QED) is 0.160. The average molecular weight is 867 g/mol. The molecule has 3 nitrogen and oxygen atoms in total. The first-order valence-electron chi connectivity index (χ1n) is 25.6. The molecule has 0 radical (unpaired) electrons. The summed E-state index contributed by atoms with van der Waals surface area (Å²) in [6, 6.07) is 51.2. The molecule has 0 fully saturated rings. The van der Waals surface area contributed by atoms with E-state index >= 15 is 0 Å². The normalized spacial score (nSPS) is 18.6. The van der Waals surface area contributed by atoms with Crippen LogP contribution in [0.2, 0.25) is 0 Å². The van der Waals surface area contributed by atoms with Crippen molar-refractivity contribution in [3.63, 3.8) is 0 Å². The van der Waals surface area contributed by atoms with Gasteiger partial charge in [0.25, 0.3) is 6.71 Å². The summed E-state index contributed by atoms with van der Waals surface area (Å²) in [5.74, 6) is 0. The fraction of sp³-hybridized carbons (Fsp3) is 0.323. The van der Waals surface area contributed by atoms with E-state index in [1.807, 2.05) is 12.1 Å². The Morgan fingerprint density at radius 2 is 1.06 bits per heavy atom. The average Bonchev–Trinajstić information content (AvgIpc) is 3.59. The smallest absolute Gasteiger partial charge is 0.252 e. The number of rotatable bonds is 5. The van der Waals surface area contributed by atoms with Gasteiger partial charge in [-0.15, -0.1) is 0 Å². The third kappa shape index (κ3) is 6.45. The zero-order valence-electron chi connectivity index (χ0n) is 44.1. The number of hydrogen-bond donors (Lipinski definition) is 0. The minimum Gasteiger partial charge on any atom is -0.311 e. The van der Waals surface area contributed by atoms with Crippen LogP contribution in [-0.2, 0) is 27.1 Å². The molecule has 7 aromatic rings. The number of hydrogen-bond acceptors (Lipinski definition) is 3. The molecule has 332 valence electrons. The minimum absolute atomic E-state index is 0.0314. The summed E-state index contributed by atoms with van der Waals surface area (Å²) in [5, 5.41) is 0. The van der Waals surface area contributed by atoms with Crippen LogP contribution in [0.25, 0.3) is 0 Å². The monoisotopic (exact) mass is 867 g/mol. The van der Waals surface area contributed by atoms with Gasteiger partial charge in [-0.1, -0.05) is 143 Å². The molecule has 0 atom stereocenters. The maximum Gasteiger partial charge on any atom is 0.252 e. The SMILES string of the molecule is [2H]C([2H])([2H])c1cc2c3c(c1)N(c1cc(C(C)(C)C)ccc1C)c1cc(N(c4ccccc4)c4ccccc4)ccc1B3c1cc3c(cc1N2c1ccc2c(c1)C(C)(C)CC2(C)C)C(C)(C)CC3(C)C. The predicted octanol–water partition coefficient (Wildman–Crippen LogP) is 15.1. The molecule has 0 saturated heterocycles. The molecule has 0 spiro atoms. The summed E-state index contributed by atoms with van der Waals surface area (Å²) in [4.78, 5) is 7.20. The van der Waals surface area contributed by atoms with E-state index in [0.717, 1.165) is 75.1 Å². The number of anilines is 9. The lowest BCUT2D eigenvalue weighted by molar-refractivity contribution is 0.403. The first kappa shape index (κ1) is 39.2. The molecule has 7 aromatic carbocycles. The van der Waals surface area contributed by atoms with E-state index in [1.165, 1.54) is 38.7 Å². The van der Waals surface area contributed by atoms with Crippen LogP contribution in [0.3, 0.4) is 0 Å². The Morgan fingerprint density at radius 3 is 1.67 bits per heavy atom. The molecule has 66 heavy (non-hydrogen) atoms. The van der Waals surface area contributed by atoms with Crippen LogP contribution in [-0.4, -0.2) is 6.71 Å². The van der Waals surface area contributed by atoms with Crippen LogP contribution in [0.1, 0.15) is 132 Å². The molecule has 4 heteroatoms. The number of para-hydroxylation sites is 2. The second-order valence-electron chi connectivity index (χ2n) is 23.6. The Hall–Kier alpha value is -6.00. The van der Waals surface area contributed by atoms with Crippen molar-refractivity contribution in [3.05, 3.63) is 178 Å². The summed E-state index contributed by atoms with van der Waals surface area (Å²) in [7, 11) is 0. The Labute approximate surface area is 399 Å². The van der Waals surface area contributed by atoms with Crippen LogP contribution in [0, 0.1) is 13.8 Å². The highest BCUT2D eigenvalue weighted by atomic mass is 15.2. The molecule has 0 amide bonds. The Bertz CT molecular complexity index is 3190. The van der Waals surface area contributed by atoms with Crippen molar-refractivity contribution in [1.29, 1.82) is 0 Å². The lowest BCUT2D eigenvalue weighted by atomic mass is 9.33. The topological polar surface area (TPSA) is 9.72 Å². The van der Waals surface area contributed by atoms with Crippen LogP contribution < -0.4 is 31.1 Å². The lowest BCUT2D eigenvalue weighted by Gasteiger charge is -2.45. The molecule has 0 aromatic heterocycles. The van der Waals surface area contributed by atoms with Crippen LogP contribution >= 0.6 is 0 Å². The Balaban J connectivity index is 1.28. The predicted molar refractivity (Wildman–Crippen MR) is 285 cm³/mol. The molecule has 0 bridgehead atoms. The van der Waals surface area contributed by atoms with E-state index in [2.05, 4.69) is 225 Å². The van der Waals surface area contributed by atoms with Crippen molar-refractivity contribution in [2.75, 3.05) is 14.7 Å². The number of fused-ring (bicyclic) bond motifs is 6. The van der Waals surface area contributed by atoms with Gasteiger partial charge in [0.1, 0.15) is 0 Å². The summed E-state index contributed by atoms with van der Waals surface area (Å²) in [6.45, 7) is 25.6. The van der Waals surface area contributed by atoms with Crippen molar-refractivity contribution in [1.82, 2.24) is 0 Å². The minimum atomic E-state index is -2.38. The van der Waals surface area contributed by atoms with Crippen molar-refractivity contribution < 1.29 is 4.11 Å². The van der Waals surface area contributed by atoms with E-state index < -0.39 is 6.85 Å². The maximum absolute atomic E-state index is 9.18. The third-order valence-corrected chi connectivity index (χ3v) is 15.7. The van der Waals surface area contributed by atoms with E-state index in [-0.39, 0.29) is 33.8 Å². The molecule has 11 rings (SSSR count). The molecule has 2 heterocycles. The van der Waals surface area contributed by atoms with Gasteiger partial charge in [-0.05, 0) is 182 Å². The molecule has 2 aliphatic heterocycles. The van der Waals surface area contributed by atoms with Crippen LogP contribution in [0.4, 0.5) is 51.2 Å².